The Hall–Kier alpha value is -0.350. The van der Waals surface area contributed by atoms with Crippen LogP contribution in [0.2, 0.25) is 5.02 Å². The van der Waals surface area contributed by atoms with Crippen molar-refractivity contribution < 1.29 is 0 Å². The van der Waals surface area contributed by atoms with E-state index in [9.17, 15) is 0 Å². The minimum atomic E-state index is 0.152. The van der Waals surface area contributed by atoms with Gasteiger partial charge in [0.25, 0.3) is 0 Å². The summed E-state index contributed by atoms with van der Waals surface area (Å²) in [7, 11) is 0. The highest BCUT2D eigenvalue weighted by Gasteiger charge is 2.15. The van der Waals surface area contributed by atoms with Gasteiger partial charge in [-0.15, -0.1) is 11.3 Å². The third-order valence-corrected chi connectivity index (χ3v) is 5.64. The van der Waals surface area contributed by atoms with Crippen LogP contribution in [0.4, 0.5) is 0 Å². The molecule has 0 fully saturated rings. The van der Waals surface area contributed by atoms with E-state index in [4.69, 9.17) is 11.6 Å². The van der Waals surface area contributed by atoms with E-state index in [2.05, 4.69) is 67.6 Å². The van der Waals surface area contributed by atoms with E-state index in [0.717, 1.165) is 15.1 Å². The maximum atomic E-state index is 6.13. The fourth-order valence-corrected chi connectivity index (χ4v) is 4.79. The van der Waals surface area contributed by atoms with Crippen LogP contribution in [0.1, 0.15) is 16.0 Å². The summed E-state index contributed by atoms with van der Waals surface area (Å²) in [6.07, 6.45) is 0. The van der Waals surface area contributed by atoms with Crippen molar-refractivity contribution in [3.8, 4) is 0 Å². The summed E-state index contributed by atoms with van der Waals surface area (Å²) >= 11 is 15.2. The molecule has 0 nitrogen and oxygen atoms in total. The Labute approximate surface area is 137 Å². The zero-order valence-corrected chi connectivity index (χ0v) is 14.5. The van der Waals surface area contributed by atoms with Gasteiger partial charge in [0.15, 0.2) is 0 Å². The van der Waals surface area contributed by atoms with E-state index in [1.807, 2.05) is 12.1 Å². The lowest BCUT2D eigenvalue weighted by Crippen LogP contribution is -1.91. The molecule has 3 rings (SSSR count). The number of halogens is 3. The van der Waals surface area contributed by atoms with Crippen LogP contribution in [0.3, 0.4) is 0 Å². The lowest BCUT2D eigenvalue weighted by Gasteiger charge is -2.11. The Morgan fingerprint density at radius 3 is 2.68 bits per heavy atom. The van der Waals surface area contributed by atoms with Crippen LogP contribution in [0, 0.1) is 0 Å². The van der Waals surface area contributed by atoms with Gasteiger partial charge in [-0.1, -0.05) is 61.7 Å². The van der Waals surface area contributed by atoms with Crippen molar-refractivity contribution in [1.29, 1.82) is 0 Å². The maximum Gasteiger partial charge on any atom is 0.0659 e. The van der Waals surface area contributed by atoms with Gasteiger partial charge in [-0.05, 0) is 46.2 Å². The molecule has 0 spiro atoms. The molecule has 0 N–H and O–H groups in total. The molecule has 1 unspecified atom stereocenters. The van der Waals surface area contributed by atoms with E-state index in [1.165, 1.54) is 15.6 Å². The maximum absolute atomic E-state index is 6.13. The molecule has 3 aromatic rings. The van der Waals surface area contributed by atoms with Crippen LogP contribution in [-0.2, 0) is 0 Å². The number of fused-ring (bicyclic) bond motifs is 1. The summed E-state index contributed by atoms with van der Waals surface area (Å²) in [5.74, 6) is 0. The molecule has 1 aromatic heterocycles. The normalized spacial score (nSPS) is 12.8. The van der Waals surface area contributed by atoms with Gasteiger partial charge in [-0.25, -0.2) is 0 Å². The van der Waals surface area contributed by atoms with Crippen molar-refractivity contribution in [2.24, 2.45) is 0 Å². The average Bonchev–Trinajstić information content (AvgIpc) is 2.80. The van der Waals surface area contributed by atoms with Crippen molar-refractivity contribution >= 4 is 64.9 Å². The molecule has 1 heterocycles. The zero-order chi connectivity index (χ0) is 13.4. The lowest BCUT2D eigenvalue weighted by molar-refractivity contribution is 1.20. The Morgan fingerprint density at radius 2 is 1.89 bits per heavy atom. The molecule has 0 aliphatic rings. The number of thiophene rings is 1. The van der Waals surface area contributed by atoms with Gasteiger partial charge in [0.2, 0.25) is 0 Å². The zero-order valence-electron chi connectivity index (χ0n) is 9.74. The fraction of sp³-hybridized carbons (Fsp3) is 0.0667. The molecule has 0 bridgehead atoms. The third-order valence-electron chi connectivity index (χ3n) is 2.96. The Morgan fingerprint density at radius 1 is 1.11 bits per heavy atom. The second-order valence-electron chi connectivity index (χ2n) is 4.25. The quantitative estimate of drug-likeness (QED) is 0.403. The highest BCUT2D eigenvalue weighted by atomic mass is 79.9. The Kier molecular flexibility index (Phi) is 3.99. The highest BCUT2D eigenvalue weighted by molar-refractivity contribution is 9.10. The second-order valence-corrected chi connectivity index (χ2v) is 7.43. The van der Waals surface area contributed by atoms with Crippen LogP contribution in [0.15, 0.2) is 52.3 Å². The predicted octanol–water partition coefficient (Wildman–Crippen LogP) is 6.80. The Bertz CT molecular complexity index is 716. The SMILES string of the molecule is Clc1cc(Br)cc(C(Br)c2csc3ccccc23)c1. The average molecular weight is 417 g/mol. The summed E-state index contributed by atoms with van der Waals surface area (Å²) in [6, 6.07) is 14.5. The molecule has 19 heavy (non-hydrogen) atoms. The standard InChI is InChI=1S/C15H9Br2ClS/c16-10-5-9(6-11(18)7-10)15(17)13-8-19-14-4-2-1-3-12(13)14/h1-8,15H. The van der Waals surface area contributed by atoms with Crippen LogP contribution in [0.5, 0.6) is 0 Å². The molecule has 0 saturated heterocycles. The van der Waals surface area contributed by atoms with Crippen LogP contribution in [0.25, 0.3) is 10.1 Å². The number of hydrogen-bond donors (Lipinski definition) is 0. The topological polar surface area (TPSA) is 0 Å². The van der Waals surface area contributed by atoms with Crippen molar-refractivity contribution in [2.45, 2.75) is 4.83 Å². The molecule has 0 saturated carbocycles. The van der Waals surface area contributed by atoms with Gasteiger partial charge in [-0.3, -0.25) is 0 Å². The summed E-state index contributed by atoms with van der Waals surface area (Å²) in [6.45, 7) is 0. The van der Waals surface area contributed by atoms with E-state index >= 15 is 0 Å². The second kappa shape index (κ2) is 5.57. The molecular formula is C15H9Br2ClS. The molecule has 2 aromatic carbocycles. The monoisotopic (exact) mass is 414 g/mol. The summed E-state index contributed by atoms with van der Waals surface area (Å²) in [5, 5.41) is 4.25. The summed E-state index contributed by atoms with van der Waals surface area (Å²) < 4.78 is 2.31. The Balaban J connectivity index is 2.10. The van der Waals surface area contributed by atoms with Gasteiger partial charge in [-0.2, -0.15) is 0 Å². The van der Waals surface area contributed by atoms with E-state index < -0.39 is 0 Å². The number of hydrogen-bond acceptors (Lipinski definition) is 1. The van der Waals surface area contributed by atoms with E-state index in [-0.39, 0.29) is 4.83 Å². The van der Waals surface area contributed by atoms with Gasteiger partial charge >= 0.3 is 0 Å². The van der Waals surface area contributed by atoms with E-state index in [0.29, 0.717) is 0 Å². The van der Waals surface area contributed by atoms with Crippen molar-refractivity contribution in [3.63, 3.8) is 0 Å². The first-order chi connectivity index (χ1) is 9.15. The van der Waals surface area contributed by atoms with Crippen LogP contribution < -0.4 is 0 Å². The third kappa shape index (κ3) is 2.75. The first-order valence-corrected chi connectivity index (χ1v) is 8.68. The highest BCUT2D eigenvalue weighted by Crippen LogP contribution is 2.39. The van der Waals surface area contributed by atoms with Crippen molar-refractivity contribution in [3.05, 3.63) is 68.5 Å². The van der Waals surface area contributed by atoms with Gasteiger partial charge in [0, 0.05) is 14.2 Å². The van der Waals surface area contributed by atoms with Gasteiger partial charge < -0.3 is 0 Å². The molecule has 4 heteroatoms. The molecule has 96 valence electrons. The van der Waals surface area contributed by atoms with Crippen LogP contribution >= 0.6 is 54.8 Å². The molecule has 1 atom stereocenters. The van der Waals surface area contributed by atoms with E-state index in [1.54, 1.807) is 11.3 Å². The summed E-state index contributed by atoms with van der Waals surface area (Å²) in [4.78, 5) is 0.152. The molecule has 0 radical (unpaired) electrons. The van der Waals surface area contributed by atoms with Crippen molar-refractivity contribution in [2.75, 3.05) is 0 Å². The summed E-state index contributed by atoms with van der Waals surface area (Å²) in [5.41, 5.74) is 2.44. The predicted molar refractivity (Wildman–Crippen MR) is 91.7 cm³/mol. The first kappa shape index (κ1) is 13.6. The minimum Gasteiger partial charge on any atom is -0.143 e. The van der Waals surface area contributed by atoms with Crippen molar-refractivity contribution in [1.82, 2.24) is 0 Å². The number of alkyl halides is 1. The fourth-order valence-electron chi connectivity index (χ4n) is 2.10. The molecule has 0 aliphatic carbocycles. The largest absolute Gasteiger partial charge is 0.143 e. The van der Waals surface area contributed by atoms with Gasteiger partial charge in [0.05, 0.1) is 4.83 Å². The number of benzene rings is 2. The van der Waals surface area contributed by atoms with Crippen LogP contribution in [-0.4, -0.2) is 0 Å². The lowest BCUT2D eigenvalue weighted by atomic mass is 10.0. The first-order valence-electron chi connectivity index (χ1n) is 5.71. The number of rotatable bonds is 2. The van der Waals surface area contributed by atoms with Gasteiger partial charge in [0.1, 0.15) is 0 Å². The molecule has 0 aliphatic heterocycles. The smallest absolute Gasteiger partial charge is 0.0659 e. The minimum absolute atomic E-state index is 0.152. The molecule has 0 amide bonds. The molecular weight excluding hydrogens is 407 g/mol.